The molecule has 17 nitrogen and oxygen atoms in total. The van der Waals surface area contributed by atoms with Crippen molar-refractivity contribution in [3.05, 3.63) is 23.1 Å². The van der Waals surface area contributed by atoms with Crippen LogP contribution in [-0.2, 0) is 42.9 Å². The summed E-state index contributed by atoms with van der Waals surface area (Å²) in [7, 11) is -8.16. The molecule has 3 rings (SSSR count). The molecule has 0 radical (unpaired) electrons. The molecule has 1 aliphatic heterocycles. The van der Waals surface area contributed by atoms with Crippen molar-refractivity contribution in [2.24, 2.45) is 5.11 Å². The van der Waals surface area contributed by atoms with Crippen LogP contribution in [0, 0.1) is 0 Å². The Kier molecular flexibility index (Phi) is 6.97. The predicted molar refractivity (Wildman–Crippen MR) is 113 cm³/mol. The number of nitrogens with zero attached hydrogens (tertiary/aromatic N) is 7. The second kappa shape index (κ2) is 9.28. The third kappa shape index (κ3) is 5.51. The first-order valence-electron chi connectivity index (χ1n) is 9.27. The number of nitrogens with two attached hydrogens (primary N) is 1. The molecule has 0 spiro atoms. The number of azide groups is 1. The molecule has 2 N–H and O–H groups in total. The van der Waals surface area contributed by atoms with Gasteiger partial charge in [0, 0.05) is 11.8 Å². The molecule has 1 aliphatic rings. The van der Waals surface area contributed by atoms with E-state index in [-0.39, 0.29) is 17.0 Å². The molecule has 2 aromatic rings. The summed E-state index contributed by atoms with van der Waals surface area (Å²) in [5, 5.41) is 3.61. The summed E-state index contributed by atoms with van der Waals surface area (Å²) in [5.41, 5.74) is 13.3. The molecule has 186 valence electrons. The van der Waals surface area contributed by atoms with Gasteiger partial charge in [-0.1, -0.05) is 5.11 Å². The minimum absolute atomic E-state index is 0.0319. The van der Waals surface area contributed by atoms with Crippen molar-refractivity contribution >= 4 is 43.2 Å². The van der Waals surface area contributed by atoms with Crippen LogP contribution in [0.15, 0.2) is 17.8 Å². The predicted octanol–water partition coefficient (Wildman–Crippen LogP) is -0.761. The number of hydrogen-bond donors (Lipinski definition) is 1. The minimum atomic E-state index is -4.08. The van der Waals surface area contributed by atoms with Crippen LogP contribution in [0.4, 0.5) is 5.82 Å². The SMILES string of the molecule is CC(=O)O[C@H]1[C@H](n2cnc3c(N)ncnc32)OC(COS(C)(=O)=O)(COS(C)(=O)=O)[C@H]1N=[N+]=[N-]. The van der Waals surface area contributed by atoms with Crippen molar-refractivity contribution in [3.63, 3.8) is 0 Å². The molecule has 1 saturated heterocycles. The van der Waals surface area contributed by atoms with Gasteiger partial charge in [-0.15, -0.1) is 0 Å². The lowest BCUT2D eigenvalue weighted by molar-refractivity contribution is -0.155. The zero-order chi connectivity index (χ0) is 25.3. The first-order chi connectivity index (χ1) is 15.8. The Morgan fingerprint density at radius 1 is 1.24 bits per heavy atom. The summed E-state index contributed by atoms with van der Waals surface area (Å²) in [6.45, 7) is -0.609. The highest BCUT2D eigenvalue weighted by Gasteiger charge is 2.59. The van der Waals surface area contributed by atoms with Crippen LogP contribution in [0.2, 0.25) is 0 Å². The number of hydrogen-bond acceptors (Lipinski definition) is 14. The van der Waals surface area contributed by atoms with Gasteiger partial charge >= 0.3 is 5.97 Å². The van der Waals surface area contributed by atoms with Crippen LogP contribution in [-0.4, -0.2) is 85.8 Å². The molecule has 0 unspecified atom stereocenters. The summed E-state index contributed by atoms with van der Waals surface area (Å²) in [6.07, 6.45) is 1.12. The van der Waals surface area contributed by atoms with Crippen LogP contribution in [0.25, 0.3) is 21.6 Å². The molecular formula is C15H20N8O9S2. The molecule has 0 bridgehead atoms. The number of carbonyl (C=O) groups excluding carboxylic acids is 1. The van der Waals surface area contributed by atoms with Crippen LogP contribution in [0.3, 0.4) is 0 Å². The maximum absolute atomic E-state index is 11.9. The van der Waals surface area contributed by atoms with Gasteiger partial charge in [-0.25, -0.2) is 15.0 Å². The lowest BCUT2D eigenvalue weighted by Gasteiger charge is -2.31. The second-order valence-electron chi connectivity index (χ2n) is 7.31. The number of fused-ring (bicyclic) bond motifs is 1. The largest absolute Gasteiger partial charge is 0.457 e. The van der Waals surface area contributed by atoms with Crippen LogP contribution in [0.5, 0.6) is 0 Å². The number of aromatic nitrogens is 4. The topological polar surface area (TPSA) is 241 Å². The zero-order valence-electron chi connectivity index (χ0n) is 18.0. The van der Waals surface area contributed by atoms with Crippen molar-refractivity contribution in [1.82, 2.24) is 19.5 Å². The second-order valence-corrected chi connectivity index (χ2v) is 10.6. The third-order valence-corrected chi connectivity index (χ3v) is 5.75. The summed E-state index contributed by atoms with van der Waals surface area (Å²) in [6, 6.07) is -1.51. The van der Waals surface area contributed by atoms with Gasteiger partial charge in [-0.05, 0) is 5.53 Å². The number of nitrogen functional groups attached to an aromatic ring is 1. The van der Waals surface area contributed by atoms with Crippen LogP contribution < -0.4 is 5.73 Å². The molecule has 0 aliphatic carbocycles. The Bertz CT molecular complexity index is 1320. The molecule has 0 aromatic carbocycles. The van der Waals surface area contributed by atoms with E-state index in [2.05, 4.69) is 25.0 Å². The van der Waals surface area contributed by atoms with Gasteiger partial charge in [-0.3, -0.25) is 17.7 Å². The zero-order valence-corrected chi connectivity index (χ0v) is 19.6. The van der Waals surface area contributed by atoms with Crippen molar-refractivity contribution < 1.29 is 39.5 Å². The standard InChI is InChI=1S/C15H20N8O9S2/c1-8(24)31-10-11(21-22-17)15(4-29-33(2,25)26,5-30-34(3,27)28)32-14(10)23-7-20-9-12(16)18-6-19-13(9)23/h6-7,10-11,14H,4-5H2,1-3H3,(H2,16,18,19)/t10-,11+,14-/m1/s1. The number of carbonyl (C=O) groups is 1. The molecule has 3 atom stereocenters. The first-order valence-corrected chi connectivity index (χ1v) is 12.9. The monoisotopic (exact) mass is 520 g/mol. The van der Waals surface area contributed by atoms with Crippen molar-refractivity contribution in [3.8, 4) is 0 Å². The first kappa shape index (κ1) is 25.5. The highest BCUT2D eigenvalue weighted by atomic mass is 32.2. The Labute approximate surface area is 193 Å². The number of ether oxygens (including phenoxy) is 2. The molecule has 2 aromatic heterocycles. The number of esters is 1. The Balaban J connectivity index is 2.19. The average Bonchev–Trinajstić information content (AvgIpc) is 3.26. The molecule has 19 heteroatoms. The van der Waals surface area contributed by atoms with E-state index in [4.69, 9.17) is 23.6 Å². The summed E-state index contributed by atoms with van der Waals surface area (Å²) in [5.74, 6) is -0.774. The molecule has 3 heterocycles. The molecule has 34 heavy (non-hydrogen) atoms. The normalized spacial score (nSPS) is 22.4. The fourth-order valence-electron chi connectivity index (χ4n) is 3.34. The van der Waals surface area contributed by atoms with E-state index in [0.717, 1.165) is 25.8 Å². The van der Waals surface area contributed by atoms with Gasteiger partial charge in [0.05, 0.1) is 32.1 Å². The van der Waals surface area contributed by atoms with Gasteiger partial charge in [0.25, 0.3) is 20.2 Å². The lowest BCUT2D eigenvalue weighted by atomic mass is 9.94. The van der Waals surface area contributed by atoms with Crippen molar-refractivity contribution in [1.29, 1.82) is 0 Å². The van der Waals surface area contributed by atoms with E-state index in [9.17, 15) is 27.2 Å². The Morgan fingerprint density at radius 2 is 1.85 bits per heavy atom. The number of imidazole rings is 1. The Morgan fingerprint density at radius 3 is 2.38 bits per heavy atom. The van der Waals surface area contributed by atoms with Crippen molar-refractivity contribution in [2.75, 3.05) is 31.5 Å². The van der Waals surface area contributed by atoms with E-state index in [1.54, 1.807) is 0 Å². The molecule has 0 saturated carbocycles. The molecule has 0 amide bonds. The fourth-order valence-corrected chi connectivity index (χ4v) is 4.17. The summed E-state index contributed by atoms with van der Waals surface area (Å²) in [4.78, 5) is 26.6. The minimum Gasteiger partial charge on any atom is -0.457 e. The number of anilines is 1. The highest BCUT2D eigenvalue weighted by Crippen LogP contribution is 2.43. The van der Waals surface area contributed by atoms with Crippen molar-refractivity contribution in [2.45, 2.75) is 30.9 Å². The van der Waals surface area contributed by atoms with E-state index in [0.29, 0.717) is 0 Å². The maximum Gasteiger partial charge on any atom is 0.303 e. The van der Waals surface area contributed by atoms with Crippen LogP contribution in [0.1, 0.15) is 13.2 Å². The van der Waals surface area contributed by atoms with Crippen LogP contribution >= 0.6 is 0 Å². The van der Waals surface area contributed by atoms with Gasteiger partial charge < -0.3 is 15.2 Å². The fraction of sp³-hybridized carbons (Fsp3) is 0.600. The van der Waals surface area contributed by atoms with E-state index in [1.807, 2.05) is 0 Å². The summed E-state index contributed by atoms with van der Waals surface area (Å²) < 4.78 is 69.2. The maximum atomic E-state index is 11.9. The van der Waals surface area contributed by atoms with Gasteiger partial charge in [0.15, 0.2) is 23.8 Å². The molecular weight excluding hydrogens is 500 g/mol. The molecule has 1 fully saturated rings. The highest BCUT2D eigenvalue weighted by molar-refractivity contribution is 7.86. The van der Waals surface area contributed by atoms with E-state index >= 15 is 0 Å². The smallest absolute Gasteiger partial charge is 0.303 e. The third-order valence-electron chi connectivity index (χ3n) is 4.66. The average molecular weight is 521 g/mol. The van der Waals surface area contributed by atoms with Gasteiger partial charge in [-0.2, -0.15) is 16.8 Å². The lowest BCUT2D eigenvalue weighted by Crippen LogP contribution is -2.51. The van der Waals surface area contributed by atoms with Gasteiger partial charge in [0.1, 0.15) is 23.5 Å². The summed E-state index contributed by atoms with van der Waals surface area (Å²) >= 11 is 0. The van der Waals surface area contributed by atoms with Gasteiger partial charge in [0.2, 0.25) is 0 Å². The van der Waals surface area contributed by atoms with E-state index < -0.39 is 63.4 Å². The quantitative estimate of drug-likeness (QED) is 0.141. The number of rotatable bonds is 9. The Hall–Kier alpha value is -3.09. The van der Waals surface area contributed by atoms with E-state index in [1.165, 1.54) is 10.9 Å².